The second-order valence-electron chi connectivity index (χ2n) is 7.15. The number of ether oxygens (including phenoxy) is 1. The lowest BCUT2D eigenvalue weighted by atomic mass is 9.99. The molecule has 0 bridgehead atoms. The van der Waals surface area contributed by atoms with Crippen LogP contribution in [0.1, 0.15) is 33.1 Å². The van der Waals surface area contributed by atoms with Crippen molar-refractivity contribution in [1.29, 1.82) is 0 Å². The summed E-state index contributed by atoms with van der Waals surface area (Å²) in [4.78, 5) is 42.9. The highest BCUT2D eigenvalue weighted by Crippen LogP contribution is 2.17. The first-order valence-corrected chi connectivity index (χ1v) is 9.38. The predicted octanol–water partition coefficient (Wildman–Crippen LogP) is 1.98. The number of piperidine rings is 1. The van der Waals surface area contributed by atoms with Gasteiger partial charge in [-0.3, -0.25) is 19.0 Å². The van der Waals surface area contributed by atoms with Crippen molar-refractivity contribution in [3.8, 4) is 0 Å². The average Bonchev–Trinajstić information content (AvgIpc) is 2.67. The Balaban J connectivity index is 1.54. The fourth-order valence-electron chi connectivity index (χ4n) is 3.27. The molecule has 1 saturated heterocycles. The zero-order valence-corrected chi connectivity index (χ0v) is 15.8. The van der Waals surface area contributed by atoms with Crippen LogP contribution in [-0.2, 0) is 20.9 Å². The van der Waals surface area contributed by atoms with Gasteiger partial charge in [-0.05, 0) is 37.8 Å². The minimum atomic E-state index is -0.808. The van der Waals surface area contributed by atoms with Gasteiger partial charge >= 0.3 is 5.97 Å². The monoisotopic (exact) mass is 371 g/mol. The lowest BCUT2D eigenvalue weighted by Gasteiger charge is -2.31. The van der Waals surface area contributed by atoms with E-state index in [1.54, 1.807) is 30.0 Å². The van der Waals surface area contributed by atoms with Crippen molar-refractivity contribution in [3.05, 3.63) is 40.9 Å². The Bertz CT molecular complexity index is 884. The van der Waals surface area contributed by atoms with E-state index in [0.29, 0.717) is 29.9 Å². The van der Waals surface area contributed by atoms with Gasteiger partial charge in [-0.15, -0.1) is 0 Å². The van der Waals surface area contributed by atoms with Crippen molar-refractivity contribution in [2.45, 2.75) is 45.8 Å². The molecule has 0 spiro atoms. The number of hydrogen-bond acceptors (Lipinski definition) is 5. The number of esters is 1. The highest BCUT2D eigenvalue weighted by atomic mass is 16.5. The first-order valence-electron chi connectivity index (χ1n) is 9.38. The maximum absolute atomic E-state index is 12.4. The number of hydrogen-bond donors (Lipinski definition) is 0. The molecule has 144 valence electrons. The van der Waals surface area contributed by atoms with E-state index in [9.17, 15) is 14.4 Å². The standard InChI is InChI=1S/C20H25N3O4/c1-14-7-10-22(11-8-14)19(25)15(2)27-18(24)9-12-23-13-21-17-6-4-3-5-16(17)20(23)26/h3-6,13-15H,7-12H2,1-2H3/t15-/m0/s1. The number of carbonyl (C=O) groups is 2. The Morgan fingerprint density at radius 2 is 1.96 bits per heavy atom. The molecule has 0 N–H and O–H groups in total. The van der Waals surface area contributed by atoms with Gasteiger partial charge in [0.05, 0.1) is 23.7 Å². The molecule has 0 unspecified atom stereocenters. The first kappa shape index (κ1) is 19.1. The number of nitrogens with zero attached hydrogens (tertiary/aromatic N) is 3. The van der Waals surface area contributed by atoms with Crippen LogP contribution in [0.15, 0.2) is 35.4 Å². The minimum Gasteiger partial charge on any atom is -0.452 e. The number of carbonyl (C=O) groups excluding carboxylic acids is 2. The topological polar surface area (TPSA) is 81.5 Å². The molecule has 3 rings (SSSR count). The Morgan fingerprint density at radius 1 is 1.26 bits per heavy atom. The molecule has 0 radical (unpaired) electrons. The molecule has 1 aliphatic heterocycles. The van der Waals surface area contributed by atoms with Crippen LogP contribution in [0, 0.1) is 5.92 Å². The predicted molar refractivity (Wildman–Crippen MR) is 101 cm³/mol. The SMILES string of the molecule is CC1CCN(C(=O)[C@H](C)OC(=O)CCn2cnc3ccccc3c2=O)CC1. The molecule has 0 aliphatic carbocycles. The fourth-order valence-corrected chi connectivity index (χ4v) is 3.27. The van der Waals surface area contributed by atoms with E-state index in [1.165, 1.54) is 10.9 Å². The van der Waals surface area contributed by atoms with Gasteiger partial charge in [0.15, 0.2) is 6.10 Å². The fraction of sp³-hybridized carbons (Fsp3) is 0.500. The van der Waals surface area contributed by atoms with Crippen molar-refractivity contribution in [3.63, 3.8) is 0 Å². The Morgan fingerprint density at radius 3 is 2.70 bits per heavy atom. The molecule has 2 heterocycles. The third kappa shape index (κ3) is 4.53. The number of benzene rings is 1. The van der Waals surface area contributed by atoms with Crippen LogP contribution in [0.5, 0.6) is 0 Å². The zero-order valence-electron chi connectivity index (χ0n) is 15.8. The third-order valence-corrected chi connectivity index (χ3v) is 5.04. The van der Waals surface area contributed by atoms with Gasteiger partial charge in [0.25, 0.3) is 11.5 Å². The maximum atomic E-state index is 12.4. The molecule has 2 aromatic rings. The number of fused-ring (bicyclic) bond motifs is 1. The van der Waals surface area contributed by atoms with Gasteiger partial charge < -0.3 is 9.64 Å². The summed E-state index contributed by atoms with van der Waals surface area (Å²) in [6.45, 7) is 5.36. The zero-order chi connectivity index (χ0) is 19.4. The highest BCUT2D eigenvalue weighted by molar-refractivity contribution is 5.83. The normalized spacial score (nSPS) is 16.3. The summed E-state index contributed by atoms with van der Waals surface area (Å²) in [5.74, 6) is -0.0261. The minimum absolute atomic E-state index is 0.00851. The van der Waals surface area contributed by atoms with Gasteiger partial charge in [-0.25, -0.2) is 4.98 Å². The van der Waals surface area contributed by atoms with Crippen molar-refractivity contribution in [2.24, 2.45) is 5.92 Å². The summed E-state index contributed by atoms with van der Waals surface area (Å²) in [5.41, 5.74) is 0.427. The molecule has 27 heavy (non-hydrogen) atoms. The van der Waals surface area contributed by atoms with E-state index < -0.39 is 12.1 Å². The Labute approximate surface area is 157 Å². The lowest BCUT2D eigenvalue weighted by molar-refractivity contribution is -0.159. The summed E-state index contributed by atoms with van der Waals surface area (Å²) in [6.07, 6.45) is 2.59. The van der Waals surface area contributed by atoms with Crippen LogP contribution >= 0.6 is 0 Å². The summed E-state index contributed by atoms with van der Waals surface area (Å²) in [7, 11) is 0. The van der Waals surface area contributed by atoms with E-state index in [0.717, 1.165) is 12.8 Å². The van der Waals surface area contributed by atoms with E-state index in [-0.39, 0.29) is 24.4 Å². The average molecular weight is 371 g/mol. The van der Waals surface area contributed by atoms with Gasteiger partial charge in [-0.2, -0.15) is 0 Å². The smallest absolute Gasteiger partial charge is 0.308 e. The molecule has 7 nitrogen and oxygen atoms in total. The van der Waals surface area contributed by atoms with E-state index in [1.807, 2.05) is 6.07 Å². The molecule has 1 aromatic carbocycles. The lowest BCUT2D eigenvalue weighted by Crippen LogP contribution is -2.44. The van der Waals surface area contributed by atoms with Crippen LogP contribution in [0.3, 0.4) is 0 Å². The molecule has 1 atom stereocenters. The number of amides is 1. The quantitative estimate of drug-likeness (QED) is 0.751. The largest absolute Gasteiger partial charge is 0.452 e. The first-order chi connectivity index (χ1) is 13.0. The molecule has 1 amide bonds. The molecule has 1 aromatic heterocycles. The highest BCUT2D eigenvalue weighted by Gasteiger charge is 2.26. The second-order valence-corrected chi connectivity index (χ2v) is 7.15. The molecule has 1 aliphatic rings. The molecular formula is C20H25N3O4. The van der Waals surface area contributed by atoms with Gasteiger partial charge in [0.2, 0.25) is 0 Å². The maximum Gasteiger partial charge on any atom is 0.308 e. The number of rotatable bonds is 5. The molecular weight excluding hydrogens is 346 g/mol. The summed E-state index contributed by atoms with van der Waals surface area (Å²) >= 11 is 0. The number of aromatic nitrogens is 2. The van der Waals surface area contributed by atoms with Crippen molar-refractivity contribution in [2.75, 3.05) is 13.1 Å². The molecule has 1 fully saturated rings. The number of likely N-dealkylation sites (tertiary alicyclic amines) is 1. The van der Waals surface area contributed by atoms with Crippen LogP contribution in [0.4, 0.5) is 0 Å². The molecule has 0 saturated carbocycles. The Hall–Kier alpha value is -2.70. The second kappa shape index (κ2) is 8.33. The van der Waals surface area contributed by atoms with Crippen LogP contribution < -0.4 is 5.56 Å². The van der Waals surface area contributed by atoms with Crippen molar-refractivity contribution < 1.29 is 14.3 Å². The molecule has 7 heteroatoms. The number of aryl methyl sites for hydroxylation is 1. The van der Waals surface area contributed by atoms with E-state index >= 15 is 0 Å². The Kier molecular flexibility index (Phi) is 5.88. The van der Waals surface area contributed by atoms with Gasteiger partial charge in [0.1, 0.15) is 0 Å². The van der Waals surface area contributed by atoms with Crippen LogP contribution in [0.2, 0.25) is 0 Å². The van der Waals surface area contributed by atoms with Crippen molar-refractivity contribution in [1.82, 2.24) is 14.5 Å². The van der Waals surface area contributed by atoms with Crippen molar-refractivity contribution >= 4 is 22.8 Å². The van der Waals surface area contributed by atoms with Gasteiger partial charge in [0, 0.05) is 19.6 Å². The van der Waals surface area contributed by atoms with E-state index in [2.05, 4.69) is 11.9 Å². The van der Waals surface area contributed by atoms with Crippen LogP contribution in [-0.4, -0.2) is 45.5 Å². The number of para-hydroxylation sites is 1. The summed E-state index contributed by atoms with van der Waals surface area (Å²) < 4.78 is 6.67. The van der Waals surface area contributed by atoms with Gasteiger partial charge in [-0.1, -0.05) is 19.1 Å². The third-order valence-electron chi connectivity index (χ3n) is 5.04. The van der Waals surface area contributed by atoms with Crippen LogP contribution in [0.25, 0.3) is 10.9 Å². The van der Waals surface area contributed by atoms with E-state index in [4.69, 9.17) is 4.74 Å². The summed E-state index contributed by atoms with van der Waals surface area (Å²) in [6, 6.07) is 7.07. The summed E-state index contributed by atoms with van der Waals surface area (Å²) in [5, 5.41) is 0.510.